The van der Waals surface area contributed by atoms with Gasteiger partial charge in [0.1, 0.15) is 6.54 Å². The quantitative estimate of drug-likeness (QED) is 0.816. The molecule has 1 amide bonds. The van der Waals surface area contributed by atoms with Crippen molar-refractivity contribution in [1.29, 1.82) is 0 Å². The van der Waals surface area contributed by atoms with Crippen molar-refractivity contribution in [2.45, 2.75) is 33.4 Å². The van der Waals surface area contributed by atoms with Crippen LogP contribution in [-0.2, 0) is 9.59 Å². The van der Waals surface area contributed by atoms with Crippen molar-refractivity contribution in [2.75, 3.05) is 13.1 Å². The lowest BCUT2D eigenvalue weighted by atomic mass is 9.88. The number of carboxylic acids is 1. The highest BCUT2D eigenvalue weighted by atomic mass is 19.4. The third-order valence-corrected chi connectivity index (χ3v) is 2.42. The Morgan fingerprint density at radius 3 is 2.00 bits per heavy atom. The van der Waals surface area contributed by atoms with Gasteiger partial charge in [0.2, 0.25) is 5.91 Å². The predicted molar refractivity (Wildman–Crippen MR) is 54.3 cm³/mol. The topological polar surface area (TPSA) is 57.6 Å². The lowest BCUT2D eigenvalue weighted by Gasteiger charge is -2.29. The SMILES string of the molecule is CCN(CC(=O)O)C(=O)CC(C)(C)C(F)(F)F. The number of halogens is 3. The normalized spacial score (nSPS) is 12.4. The Morgan fingerprint density at radius 1 is 1.24 bits per heavy atom. The third-order valence-electron chi connectivity index (χ3n) is 2.42. The Labute approximate surface area is 97.4 Å². The molecule has 0 spiro atoms. The largest absolute Gasteiger partial charge is 0.480 e. The highest BCUT2D eigenvalue weighted by Crippen LogP contribution is 2.40. The van der Waals surface area contributed by atoms with Gasteiger partial charge in [-0.1, -0.05) is 13.8 Å². The maximum absolute atomic E-state index is 12.5. The van der Waals surface area contributed by atoms with E-state index in [4.69, 9.17) is 5.11 Å². The lowest BCUT2D eigenvalue weighted by Crippen LogP contribution is -2.41. The molecule has 0 aromatic rings. The van der Waals surface area contributed by atoms with Crippen molar-refractivity contribution < 1.29 is 27.9 Å². The van der Waals surface area contributed by atoms with Crippen molar-refractivity contribution in [3.8, 4) is 0 Å². The molecule has 7 heteroatoms. The molecule has 0 heterocycles. The van der Waals surface area contributed by atoms with E-state index in [1.807, 2.05) is 0 Å². The Bertz CT molecular complexity index is 300. The van der Waals surface area contributed by atoms with Crippen LogP contribution in [0.5, 0.6) is 0 Å². The minimum atomic E-state index is -4.49. The first-order valence-corrected chi connectivity index (χ1v) is 5.07. The zero-order chi connectivity index (χ0) is 13.9. The molecular weight excluding hydrogens is 239 g/mol. The van der Waals surface area contributed by atoms with E-state index in [2.05, 4.69) is 0 Å². The molecule has 0 saturated carbocycles. The van der Waals surface area contributed by atoms with E-state index in [0.29, 0.717) is 0 Å². The van der Waals surface area contributed by atoms with E-state index in [9.17, 15) is 22.8 Å². The van der Waals surface area contributed by atoms with E-state index < -0.39 is 36.4 Å². The number of hydrogen-bond donors (Lipinski definition) is 1. The molecule has 0 aliphatic heterocycles. The number of alkyl halides is 3. The molecule has 0 aliphatic carbocycles. The van der Waals surface area contributed by atoms with Crippen molar-refractivity contribution in [2.24, 2.45) is 5.41 Å². The number of carboxylic acid groups (broad SMARTS) is 1. The molecule has 17 heavy (non-hydrogen) atoms. The number of carbonyl (C=O) groups excluding carboxylic acids is 1. The van der Waals surface area contributed by atoms with Gasteiger partial charge in [0.25, 0.3) is 0 Å². The number of likely N-dealkylation sites (N-methyl/N-ethyl adjacent to an activating group) is 1. The van der Waals surface area contributed by atoms with Gasteiger partial charge in [-0.25, -0.2) is 0 Å². The van der Waals surface area contributed by atoms with Gasteiger partial charge in [-0.3, -0.25) is 9.59 Å². The number of hydrogen-bond acceptors (Lipinski definition) is 2. The smallest absolute Gasteiger partial charge is 0.394 e. The summed E-state index contributed by atoms with van der Waals surface area (Å²) in [6.45, 7) is 2.84. The van der Waals surface area contributed by atoms with Gasteiger partial charge >= 0.3 is 12.1 Å². The first-order chi connectivity index (χ1) is 7.51. The van der Waals surface area contributed by atoms with Crippen LogP contribution < -0.4 is 0 Å². The van der Waals surface area contributed by atoms with Gasteiger partial charge in [0.15, 0.2) is 0 Å². The summed E-state index contributed by atoms with van der Waals surface area (Å²) in [5, 5.41) is 8.51. The molecular formula is C10H16F3NO3. The van der Waals surface area contributed by atoms with Gasteiger partial charge in [0.05, 0.1) is 5.41 Å². The Kier molecular flexibility index (Phi) is 4.97. The Morgan fingerprint density at radius 2 is 1.71 bits per heavy atom. The number of aliphatic carboxylic acids is 1. The summed E-state index contributed by atoms with van der Waals surface area (Å²) < 4.78 is 37.6. The average Bonchev–Trinajstić information content (AvgIpc) is 2.10. The molecule has 0 atom stereocenters. The van der Waals surface area contributed by atoms with Crippen molar-refractivity contribution in [1.82, 2.24) is 4.90 Å². The van der Waals surface area contributed by atoms with Crippen LogP contribution in [0.3, 0.4) is 0 Å². The van der Waals surface area contributed by atoms with Crippen LogP contribution in [0.2, 0.25) is 0 Å². The van der Waals surface area contributed by atoms with Crippen LogP contribution >= 0.6 is 0 Å². The van der Waals surface area contributed by atoms with Gasteiger partial charge in [-0.15, -0.1) is 0 Å². The summed E-state index contributed by atoms with van der Waals surface area (Å²) in [5.41, 5.74) is -2.16. The average molecular weight is 255 g/mol. The molecule has 1 N–H and O–H groups in total. The second-order valence-electron chi connectivity index (χ2n) is 4.36. The fourth-order valence-corrected chi connectivity index (χ4v) is 1.13. The van der Waals surface area contributed by atoms with Crippen LogP contribution in [0.4, 0.5) is 13.2 Å². The molecule has 100 valence electrons. The summed E-state index contributed by atoms with van der Waals surface area (Å²) in [6.07, 6.45) is -5.25. The second-order valence-corrected chi connectivity index (χ2v) is 4.36. The molecule has 4 nitrogen and oxygen atoms in total. The van der Waals surface area contributed by atoms with E-state index in [1.54, 1.807) is 0 Å². The van der Waals surface area contributed by atoms with E-state index in [1.165, 1.54) is 6.92 Å². The van der Waals surface area contributed by atoms with Crippen LogP contribution in [0.1, 0.15) is 27.2 Å². The Balaban J connectivity index is 4.67. The molecule has 0 saturated heterocycles. The van der Waals surface area contributed by atoms with Crippen molar-refractivity contribution in [3.05, 3.63) is 0 Å². The van der Waals surface area contributed by atoms with E-state index >= 15 is 0 Å². The molecule has 0 rings (SSSR count). The van der Waals surface area contributed by atoms with Crippen LogP contribution in [0.25, 0.3) is 0 Å². The number of rotatable bonds is 5. The zero-order valence-corrected chi connectivity index (χ0v) is 9.97. The summed E-state index contributed by atoms with van der Waals surface area (Å²) in [6, 6.07) is 0. The minimum absolute atomic E-state index is 0.0685. The molecule has 0 aromatic carbocycles. The first-order valence-electron chi connectivity index (χ1n) is 5.07. The molecule has 0 radical (unpaired) electrons. The van der Waals surface area contributed by atoms with Crippen molar-refractivity contribution in [3.63, 3.8) is 0 Å². The zero-order valence-electron chi connectivity index (χ0n) is 9.97. The second kappa shape index (κ2) is 5.37. The predicted octanol–water partition coefficient (Wildman–Crippen LogP) is 1.90. The molecule has 0 fully saturated rings. The Hall–Kier alpha value is -1.27. The molecule has 0 aromatic heterocycles. The highest BCUT2D eigenvalue weighted by Gasteiger charge is 2.48. The maximum Gasteiger partial charge on any atom is 0.394 e. The fourth-order valence-electron chi connectivity index (χ4n) is 1.13. The van der Waals surface area contributed by atoms with Crippen LogP contribution in [0, 0.1) is 5.41 Å². The summed E-state index contributed by atoms with van der Waals surface area (Å²) in [5.74, 6) is -2.05. The standard InChI is InChI=1S/C10H16F3NO3/c1-4-14(6-8(16)17)7(15)5-9(2,3)10(11,12)13/h4-6H2,1-3H3,(H,16,17). The van der Waals surface area contributed by atoms with Crippen LogP contribution in [0.15, 0.2) is 0 Å². The lowest BCUT2D eigenvalue weighted by molar-refractivity contribution is -0.215. The minimum Gasteiger partial charge on any atom is -0.480 e. The van der Waals surface area contributed by atoms with E-state index in [0.717, 1.165) is 18.7 Å². The summed E-state index contributed by atoms with van der Waals surface area (Å²) >= 11 is 0. The summed E-state index contributed by atoms with van der Waals surface area (Å²) in [4.78, 5) is 22.8. The fraction of sp³-hybridized carbons (Fsp3) is 0.800. The van der Waals surface area contributed by atoms with Crippen molar-refractivity contribution >= 4 is 11.9 Å². The molecule has 0 bridgehead atoms. The molecule has 0 aliphatic rings. The highest BCUT2D eigenvalue weighted by molar-refractivity contribution is 5.81. The van der Waals surface area contributed by atoms with Gasteiger partial charge in [-0.05, 0) is 6.92 Å². The van der Waals surface area contributed by atoms with Crippen LogP contribution in [-0.4, -0.2) is 41.1 Å². The maximum atomic E-state index is 12.5. The monoisotopic (exact) mass is 255 g/mol. The number of carbonyl (C=O) groups is 2. The number of amides is 1. The van der Waals surface area contributed by atoms with Gasteiger partial charge < -0.3 is 10.0 Å². The van der Waals surface area contributed by atoms with Gasteiger partial charge in [-0.2, -0.15) is 13.2 Å². The number of nitrogens with zero attached hydrogens (tertiary/aromatic N) is 1. The molecule has 0 unspecified atom stereocenters. The van der Waals surface area contributed by atoms with E-state index in [-0.39, 0.29) is 6.54 Å². The van der Waals surface area contributed by atoms with Gasteiger partial charge in [0, 0.05) is 13.0 Å². The first kappa shape index (κ1) is 15.7. The summed E-state index contributed by atoms with van der Waals surface area (Å²) in [7, 11) is 0. The third kappa shape index (κ3) is 4.62.